The number of carbonyl (C=O) groups is 1. The van der Waals surface area contributed by atoms with E-state index in [9.17, 15) is 9.18 Å². The van der Waals surface area contributed by atoms with Crippen LogP contribution < -0.4 is 10.5 Å². The maximum Gasteiger partial charge on any atom is 0.355 e. The molecule has 0 bridgehead atoms. The Labute approximate surface area is 299 Å². The first-order valence-electron chi connectivity index (χ1n) is 17.6. The topological polar surface area (TPSA) is 87.5 Å². The van der Waals surface area contributed by atoms with Crippen molar-refractivity contribution in [2.75, 3.05) is 20.2 Å². The third-order valence-corrected chi connectivity index (χ3v) is 10.3. The van der Waals surface area contributed by atoms with Crippen molar-refractivity contribution in [1.82, 2.24) is 19.2 Å². The Kier molecular flexibility index (Phi) is 10.3. The number of aryl methyl sites for hydroxylation is 4. The number of ether oxygens (including phenoxy) is 2. The van der Waals surface area contributed by atoms with Crippen molar-refractivity contribution >= 4 is 39.2 Å². The molecular formula is C40H49ClFN5O3. The number of aromatic nitrogens is 3. The summed E-state index contributed by atoms with van der Waals surface area (Å²) in [5, 5.41) is 7.94. The largest absolute Gasteiger partial charge is 0.493 e. The van der Waals surface area contributed by atoms with Crippen LogP contribution in [0.25, 0.3) is 32.8 Å². The zero-order valence-corrected chi connectivity index (χ0v) is 31.0. The predicted molar refractivity (Wildman–Crippen MR) is 200 cm³/mol. The molecule has 0 radical (unpaired) electrons. The van der Waals surface area contributed by atoms with Crippen LogP contribution in [-0.4, -0.2) is 63.1 Å². The third-order valence-electron chi connectivity index (χ3n) is 9.96. The Bertz CT molecular complexity index is 2040. The van der Waals surface area contributed by atoms with Crippen LogP contribution in [0.15, 0.2) is 48.5 Å². The van der Waals surface area contributed by atoms with Gasteiger partial charge in [0.25, 0.3) is 0 Å². The number of hydrogen-bond acceptors (Lipinski definition) is 6. The lowest BCUT2D eigenvalue weighted by atomic mass is 9.97. The predicted octanol–water partition coefficient (Wildman–Crippen LogP) is 8.38. The lowest BCUT2D eigenvalue weighted by molar-refractivity contribution is 0.00561. The first-order valence-corrected chi connectivity index (χ1v) is 18.0. The second-order valence-electron chi connectivity index (χ2n) is 14.8. The molecule has 1 saturated heterocycles. The van der Waals surface area contributed by atoms with Crippen molar-refractivity contribution in [3.05, 3.63) is 82.0 Å². The second-order valence-corrected chi connectivity index (χ2v) is 15.2. The number of hydrogen-bond donors (Lipinski definition) is 1. The summed E-state index contributed by atoms with van der Waals surface area (Å²) in [7, 11) is 4.07. The van der Waals surface area contributed by atoms with Gasteiger partial charge >= 0.3 is 5.97 Å². The molecule has 6 rings (SSSR count). The van der Waals surface area contributed by atoms with Crippen LogP contribution in [0.3, 0.4) is 0 Å². The summed E-state index contributed by atoms with van der Waals surface area (Å²) in [5.41, 5.74) is 11.7. The quantitative estimate of drug-likeness (QED) is 0.116. The molecule has 2 aromatic heterocycles. The molecule has 0 aliphatic carbocycles. The van der Waals surface area contributed by atoms with Crippen LogP contribution in [0.5, 0.6) is 5.75 Å². The van der Waals surface area contributed by atoms with Crippen LogP contribution in [0, 0.1) is 19.7 Å². The molecule has 0 amide bonds. The Hall–Kier alpha value is -3.92. The van der Waals surface area contributed by atoms with Crippen molar-refractivity contribution < 1.29 is 18.7 Å². The molecule has 0 saturated carbocycles. The first kappa shape index (κ1) is 35.9. The Morgan fingerprint density at radius 3 is 2.52 bits per heavy atom. The number of rotatable bonds is 10. The smallest absolute Gasteiger partial charge is 0.355 e. The number of likely N-dealkylation sites (N-methyl/N-ethyl adjacent to an activating group) is 1. The van der Waals surface area contributed by atoms with Gasteiger partial charge < -0.3 is 24.7 Å². The molecule has 50 heavy (non-hydrogen) atoms. The molecule has 266 valence electrons. The minimum Gasteiger partial charge on any atom is -0.493 e. The number of piperidine rings is 1. The summed E-state index contributed by atoms with van der Waals surface area (Å²) in [4.78, 5) is 16.7. The van der Waals surface area contributed by atoms with Gasteiger partial charge in [0.1, 0.15) is 22.9 Å². The minimum absolute atomic E-state index is 0.173. The lowest BCUT2D eigenvalue weighted by Gasteiger charge is -2.36. The summed E-state index contributed by atoms with van der Waals surface area (Å²) >= 11 is 7.12. The molecule has 2 unspecified atom stereocenters. The van der Waals surface area contributed by atoms with Gasteiger partial charge in [-0.2, -0.15) is 5.10 Å². The second kappa shape index (κ2) is 14.4. The van der Waals surface area contributed by atoms with E-state index >= 15 is 0 Å². The molecule has 5 aromatic rings. The fraction of sp³-hybridized carbons (Fsp3) is 0.450. The highest BCUT2D eigenvalue weighted by atomic mass is 35.5. The monoisotopic (exact) mass is 701 g/mol. The fourth-order valence-corrected chi connectivity index (χ4v) is 7.81. The number of nitrogens with zero attached hydrogens (tertiary/aromatic N) is 4. The first-order chi connectivity index (χ1) is 23.7. The molecule has 1 fully saturated rings. The molecule has 3 aromatic carbocycles. The van der Waals surface area contributed by atoms with E-state index in [2.05, 4.69) is 16.5 Å². The highest BCUT2D eigenvalue weighted by Gasteiger charge is 2.32. The maximum atomic E-state index is 14.3. The zero-order valence-electron chi connectivity index (χ0n) is 30.3. The van der Waals surface area contributed by atoms with E-state index in [1.807, 2.05) is 76.7 Å². The highest BCUT2D eigenvalue weighted by Crippen LogP contribution is 2.43. The Morgan fingerprint density at radius 2 is 1.82 bits per heavy atom. The van der Waals surface area contributed by atoms with Crippen molar-refractivity contribution in [3.63, 3.8) is 0 Å². The summed E-state index contributed by atoms with van der Waals surface area (Å²) in [6.07, 6.45) is 4.02. The molecule has 1 aliphatic heterocycles. The number of carbonyl (C=O) groups excluding carboxylic acids is 1. The van der Waals surface area contributed by atoms with E-state index in [4.69, 9.17) is 31.9 Å². The van der Waals surface area contributed by atoms with Gasteiger partial charge in [-0.05, 0) is 115 Å². The van der Waals surface area contributed by atoms with E-state index < -0.39 is 5.60 Å². The number of nitrogens with two attached hydrogens (primary N) is 1. The molecule has 8 nitrogen and oxygen atoms in total. The number of likely N-dealkylation sites (tertiary alicyclic amines) is 1. The van der Waals surface area contributed by atoms with Crippen LogP contribution in [0.1, 0.15) is 73.9 Å². The number of fused-ring (bicyclic) bond motifs is 2. The molecule has 1 aliphatic rings. The molecular weight excluding hydrogens is 653 g/mol. The third kappa shape index (κ3) is 7.27. The summed E-state index contributed by atoms with van der Waals surface area (Å²) in [5.74, 6) is 0.0576. The van der Waals surface area contributed by atoms with E-state index in [0.29, 0.717) is 48.5 Å². The average Bonchev–Trinajstić information content (AvgIpc) is 3.49. The molecule has 0 spiro atoms. The average molecular weight is 702 g/mol. The van der Waals surface area contributed by atoms with E-state index in [1.54, 1.807) is 6.07 Å². The van der Waals surface area contributed by atoms with Gasteiger partial charge in [-0.15, -0.1) is 0 Å². The van der Waals surface area contributed by atoms with Crippen LogP contribution in [0.2, 0.25) is 5.02 Å². The van der Waals surface area contributed by atoms with Crippen LogP contribution >= 0.6 is 11.6 Å². The van der Waals surface area contributed by atoms with Gasteiger partial charge in [0, 0.05) is 59.8 Å². The van der Waals surface area contributed by atoms with Crippen LogP contribution in [0.4, 0.5) is 4.39 Å². The van der Waals surface area contributed by atoms with E-state index in [-0.39, 0.29) is 17.8 Å². The van der Waals surface area contributed by atoms with Gasteiger partial charge in [0.2, 0.25) is 0 Å². The van der Waals surface area contributed by atoms with Gasteiger partial charge in [-0.25, -0.2) is 9.18 Å². The SMILES string of the molecule is Cc1nn(C)c(C)c1-c1c(Cl)ccc2c(CCCOc3cccc4cc(F)ccc34)c(C(=O)OC(C)(C)C)n(CCC3CCC(N)CN3C)c12. The number of esters is 1. The molecule has 2 N–H and O–H groups in total. The maximum absolute atomic E-state index is 14.3. The fourth-order valence-electron chi connectivity index (χ4n) is 7.56. The van der Waals surface area contributed by atoms with E-state index in [0.717, 1.165) is 75.6 Å². The molecule has 2 atom stereocenters. The standard InChI is InChI=1S/C40H49ClFN5O3/c1-24-35(25(2)46(7)44-24)36-33(41)18-17-32-31(11-9-21-49-34-12-8-10-26-22-27(42)13-16-30(26)34)38(39(48)50-40(3,4)5)47(37(32)36)20-19-29-15-14-28(43)23-45(29)6/h8,10,12-13,16-18,22,28-29H,9,11,14-15,19-21,23,43H2,1-7H3. The van der Waals surface area contributed by atoms with Crippen molar-refractivity contribution in [2.45, 2.75) is 91.0 Å². The molecule has 10 heteroatoms. The van der Waals surface area contributed by atoms with Gasteiger partial charge in [0.15, 0.2) is 0 Å². The zero-order chi connectivity index (χ0) is 35.9. The Morgan fingerprint density at radius 1 is 1.06 bits per heavy atom. The molecule has 3 heterocycles. The van der Waals surface area contributed by atoms with Gasteiger partial charge in [0.05, 0.1) is 22.8 Å². The number of halogens is 2. The van der Waals surface area contributed by atoms with Crippen molar-refractivity contribution in [3.8, 4) is 16.9 Å². The highest BCUT2D eigenvalue weighted by molar-refractivity contribution is 6.35. The van der Waals surface area contributed by atoms with Gasteiger partial charge in [-0.3, -0.25) is 4.68 Å². The van der Waals surface area contributed by atoms with Crippen LogP contribution in [-0.2, 0) is 24.8 Å². The van der Waals surface area contributed by atoms with E-state index in [1.165, 1.54) is 12.1 Å². The minimum atomic E-state index is -0.691. The normalized spacial score (nSPS) is 17.2. The summed E-state index contributed by atoms with van der Waals surface area (Å²) in [6.45, 7) is 11.6. The van der Waals surface area contributed by atoms with Gasteiger partial charge in [-0.1, -0.05) is 29.8 Å². The summed E-state index contributed by atoms with van der Waals surface area (Å²) < 4.78 is 30.3. The van der Waals surface area contributed by atoms with Crippen molar-refractivity contribution in [2.24, 2.45) is 12.8 Å². The lowest BCUT2D eigenvalue weighted by Crippen LogP contribution is -2.46. The summed E-state index contributed by atoms with van der Waals surface area (Å²) in [6, 6.07) is 14.8. The Balaban J connectivity index is 1.45. The number of benzene rings is 3. The van der Waals surface area contributed by atoms with Crippen molar-refractivity contribution in [1.29, 1.82) is 0 Å².